The Labute approximate surface area is 544 Å². The van der Waals surface area contributed by atoms with Gasteiger partial charge in [0.05, 0.1) is 100 Å². The Morgan fingerprint density at radius 2 is 1.55 bits per heavy atom. The molecule has 0 spiro atoms. The standard InChI is InChI=1S/C68H87FN8O17/c1-4-13-44-35-61(86)76(65(44)87)25-11-7-10-17-60(85)75(26-28-91-30-32-93-33-31-92-29-27-78)40-59(84)71-38-45(79)18-22-58(83)73-52(34-43-14-8-6-9-15-43)55(80)21-23-56(81)70-24-12-16-57(82)72-51-20-19-46-42(3)50(69)37-53-62(46)63(51)47-39-77-54(64(47)74-53)36-49-48(66(77)88)41-94-67(89)68(49,90)5-2/h6,8-9,14-15,36-37,44,51-52,78,90H,4-5,7,10-13,16-35,38-41H2,1-3H3,(H,70,81)(H,71,84)(H,72,82)(H,73,83)/t44?,51?,52-,68-/m0/s1. The predicted molar refractivity (Wildman–Crippen MR) is 339 cm³/mol. The summed E-state index contributed by atoms with van der Waals surface area (Å²) in [4.78, 5) is 153. The van der Waals surface area contributed by atoms with Gasteiger partial charge in [-0.15, -0.1) is 0 Å². The summed E-state index contributed by atoms with van der Waals surface area (Å²) in [6.45, 7) is 5.85. The molecule has 0 radical (unpaired) electrons. The highest BCUT2D eigenvalue weighted by atomic mass is 19.1. The van der Waals surface area contributed by atoms with Gasteiger partial charge in [-0.3, -0.25) is 52.8 Å². The van der Waals surface area contributed by atoms with E-state index in [-0.39, 0.29) is 177 Å². The lowest BCUT2D eigenvalue weighted by Crippen LogP contribution is -2.44. The van der Waals surface area contributed by atoms with Crippen LogP contribution >= 0.6 is 0 Å². The molecule has 8 rings (SSSR count). The van der Waals surface area contributed by atoms with E-state index in [0.717, 1.165) is 17.5 Å². The summed E-state index contributed by atoms with van der Waals surface area (Å²) in [6, 6.07) is 10.2. The molecule has 4 aromatic rings. The number of hydrogen-bond acceptors (Lipinski definition) is 18. The molecule has 2 aromatic carbocycles. The zero-order valence-electron chi connectivity index (χ0n) is 53.9. The van der Waals surface area contributed by atoms with Crippen molar-refractivity contribution in [3.05, 3.63) is 97.6 Å². The van der Waals surface area contributed by atoms with Crippen LogP contribution in [-0.2, 0) is 98.5 Å². The number of unbranched alkanes of at least 4 members (excludes halogenated alkanes) is 2. The third kappa shape index (κ3) is 18.2. The number of esters is 1. The summed E-state index contributed by atoms with van der Waals surface area (Å²) in [6.07, 6.45) is 3.38. The fraction of sp³-hybridized carbons (Fsp3) is 0.559. The van der Waals surface area contributed by atoms with Crippen LogP contribution in [0.5, 0.6) is 0 Å². The first kappa shape index (κ1) is 71.7. The number of carbonyl (C=O) groups is 10. The van der Waals surface area contributed by atoms with Gasteiger partial charge in [0.15, 0.2) is 17.2 Å². The Kier molecular flexibility index (Phi) is 26.2. The number of nitrogens with one attached hydrogen (secondary N) is 4. The van der Waals surface area contributed by atoms with Crippen LogP contribution in [0.25, 0.3) is 22.3 Å². The van der Waals surface area contributed by atoms with Gasteiger partial charge in [0, 0.05) is 93.1 Å². The van der Waals surface area contributed by atoms with E-state index >= 15 is 4.39 Å². The highest BCUT2D eigenvalue weighted by molar-refractivity contribution is 6.03. The summed E-state index contributed by atoms with van der Waals surface area (Å²) >= 11 is 0. The highest BCUT2D eigenvalue weighted by Gasteiger charge is 2.46. The first-order valence-corrected chi connectivity index (χ1v) is 32.7. The highest BCUT2D eigenvalue weighted by Crippen LogP contribution is 2.46. The number of aromatic nitrogens is 2. The van der Waals surface area contributed by atoms with Crippen molar-refractivity contribution in [2.24, 2.45) is 5.92 Å². The number of aliphatic hydroxyl groups is 2. The number of likely N-dealkylation sites (tertiary alicyclic amines) is 1. The average Bonchev–Trinajstić information content (AvgIpc) is 1.48. The summed E-state index contributed by atoms with van der Waals surface area (Å²) in [5, 5.41) is 32.1. The number of nitrogens with zero attached hydrogens (tertiary/aromatic N) is 4. The van der Waals surface area contributed by atoms with Gasteiger partial charge in [0.1, 0.15) is 12.4 Å². The van der Waals surface area contributed by atoms with Gasteiger partial charge in [0.2, 0.25) is 41.4 Å². The normalized spacial score (nSPS) is 17.3. The molecule has 3 aliphatic heterocycles. The number of hydrogen-bond donors (Lipinski definition) is 6. The van der Waals surface area contributed by atoms with E-state index in [9.17, 15) is 57.8 Å². The van der Waals surface area contributed by atoms with Crippen LogP contribution in [-0.4, -0.2) is 173 Å². The molecule has 7 amide bonds. The number of ether oxygens (including phenoxy) is 4. The van der Waals surface area contributed by atoms with Crippen molar-refractivity contribution in [3.63, 3.8) is 0 Å². The van der Waals surface area contributed by atoms with Crippen molar-refractivity contribution in [1.82, 2.24) is 40.6 Å². The smallest absolute Gasteiger partial charge is 0.343 e. The summed E-state index contributed by atoms with van der Waals surface area (Å²) in [5.74, 6) is -5.19. The molecular weight excluding hydrogens is 1220 g/mol. The van der Waals surface area contributed by atoms with Crippen LogP contribution in [0.4, 0.5) is 4.39 Å². The zero-order valence-corrected chi connectivity index (χ0v) is 53.9. The van der Waals surface area contributed by atoms with Crippen molar-refractivity contribution in [2.45, 2.75) is 161 Å². The van der Waals surface area contributed by atoms with Gasteiger partial charge in [-0.1, -0.05) is 57.0 Å². The van der Waals surface area contributed by atoms with Gasteiger partial charge in [-0.2, -0.15) is 0 Å². The fourth-order valence-electron chi connectivity index (χ4n) is 12.6. The number of aliphatic hydroxyl groups excluding tert-OH is 1. The Morgan fingerprint density at radius 1 is 0.819 bits per heavy atom. The molecule has 2 unspecified atom stereocenters. The number of fused-ring (bicyclic) bond motifs is 5. The second kappa shape index (κ2) is 34.3. The number of imide groups is 1. The van der Waals surface area contributed by atoms with Gasteiger partial charge in [-0.25, -0.2) is 14.2 Å². The number of Topliss-reactive ketones (excluding diaryl/α,β-unsaturated/α-hetero) is 2. The van der Waals surface area contributed by atoms with E-state index in [2.05, 4.69) is 21.3 Å². The summed E-state index contributed by atoms with van der Waals surface area (Å²) in [7, 11) is 0. The molecule has 94 heavy (non-hydrogen) atoms. The minimum absolute atomic E-state index is 0.00872. The van der Waals surface area contributed by atoms with Crippen LogP contribution < -0.4 is 26.8 Å². The predicted octanol–water partition coefficient (Wildman–Crippen LogP) is 3.68. The van der Waals surface area contributed by atoms with Crippen LogP contribution in [0.15, 0.2) is 47.3 Å². The number of halogens is 1. The van der Waals surface area contributed by atoms with E-state index < -0.39 is 70.9 Å². The van der Waals surface area contributed by atoms with Crippen molar-refractivity contribution in [2.75, 3.05) is 79.0 Å². The van der Waals surface area contributed by atoms with Gasteiger partial charge >= 0.3 is 5.97 Å². The SMILES string of the molecule is CCCC1CC(=O)N(CCCCCC(=O)N(CCOCCOCCOCCO)CC(=O)NCC(=O)CCC(=O)N[C@@H](Cc2ccccc2)C(=O)CCC(=O)NCCCC(=O)NC2CCc3c(C)c(F)cc4nc5c(c2c34)Cn2c-5cc3c(c2=O)COC(=O)[C@]3(O)CC)C1=O. The molecule has 2 aromatic heterocycles. The second-order valence-corrected chi connectivity index (χ2v) is 24.3. The zero-order chi connectivity index (χ0) is 67.5. The molecule has 4 aliphatic rings. The first-order chi connectivity index (χ1) is 45.3. The molecule has 1 aliphatic carbocycles. The maximum absolute atomic E-state index is 15.5. The largest absolute Gasteiger partial charge is 0.458 e. The number of cyclic esters (lactones) is 1. The topological polar surface area (TPSA) is 338 Å². The van der Waals surface area contributed by atoms with Crippen LogP contribution in [0, 0.1) is 18.7 Å². The minimum Gasteiger partial charge on any atom is -0.458 e. The molecular formula is C68H87FN8O17. The summed E-state index contributed by atoms with van der Waals surface area (Å²) in [5.41, 5.74) is 2.14. The lowest BCUT2D eigenvalue weighted by atomic mass is 9.81. The third-order valence-electron chi connectivity index (χ3n) is 17.8. The minimum atomic E-state index is -2.05. The number of ketones is 2. The molecule has 0 bridgehead atoms. The Balaban J connectivity index is 0.781. The second-order valence-electron chi connectivity index (χ2n) is 24.3. The number of benzene rings is 2. The molecule has 25 nitrogen and oxygen atoms in total. The quantitative estimate of drug-likeness (QED) is 0.0186. The monoisotopic (exact) mass is 1310 g/mol. The molecule has 5 heterocycles. The number of carbonyl (C=O) groups excluding carboxylic acids is 10. The Hall–Kier alpha value is -8.17. The summed E-state index contributed by atoms with van der Waals surface area (Å²) < 4.78 is 38.5. The number of pyridine rings is 2. The lowest BCUT2D eigenvalue weighted by molar-refractivity contribution is -0.172. The van der Waals surface area contributed by atoms with E-state index in [1.807, 2.05) is 6.92 Å². The molecule has 0 saturated carbocycles. The Morgan fingerprint density at radius 3 is 2.29 bits per heavy atom. The average molecular weight is 1310 g/mol. The van der Waals surface area contributed by atoms with Gasteiger partial charge in [0.25, 0.3) is 5.56 Å². The maximum Gasteiger partial charge on any atom is 0.343 e. The number of rotatable bonds is 39. The molecule has 4 atom stereocenters. The van der Waals surface area contributed by atoms with Crippen molar-refractivity contribution in [3.8, 4) is 11.4 Å². The van der Waals surface area contributed by atoms with Crippen molar-refractivity contribution in [1.29, 1.82) is 0 Å². The molecule has 1 saturated heterocycles. The van der Waals surface area contributed by atoms with Gasteiger partial charge in [-0.05, 0) is 86.6 Å². The van der Waals surface area contributed by atoms with E-state index in [4.69, 9.17) is 29.0 Å². The Bertz CT molecular complexity index is 3520. The van der Waals surface area contributed by atoms with Crippen LogP contribution in [0.1, 0.15) is 155 Å². The van der Waals surface area contributed by atoms with Gasteiger partial charge < -0.3 is 59.9 Å². The van der Waals surface area contributed by atoms with E-state index in [0.29, 0.717) is 90.7 Å². The van der Waals surface area contributed by atoms with Crippen LogP contribution in [0.3, 0.4) is 0 Å². The maximum atomic E-state index is 15.5. The molecule has 6 N–H and O–H groups in total. The molecule has 508 valence electrons. The lowest BCUT2D eigenvalue weighted by Gasteiger charge is -2.31. The number of amides is 7. The van der Waals surface area contributed by atoms with Crippen molar-refractivity contribution >= 4 is 69.8 Å². The molecule has 1 fully saturated rings. The van der Waals surface area contributed by atoms with Crippen molar-refractivity contribution < 1.29 is 81.5 Å². The molecule has 26 heteroatoms. The first-order valence-electron chi connectivity index (χ1n) is 32.7. The fourth-order valence-corrected chi connectivity index (χ4v) is 12.6. The number of aryl methyl sites for hydroxylation is 1. The third-order valence-corrected chi connectivity index (χ3v) is 17.8. The van der Waals surface area contributed by atoms with Crippen LogP contribution in [0.2, 0.25) is 0 Å². The van der Waals surface area contributed by atoms with E-state index in [1.165, 1.54) is 20.4 Å². The van der Waals surface area contributed by atoms with E-state index in [1.54, 1.807) is 50.2 Å².